The van der Waals surface area contributed by atoms with Crippen LogP contribution in [0.25, 0.3) is 11.3 Å². The van der Waals surface area contributed by atoms with Gasteiger partial charge in [0.25, 0.3) is 5.91 Å². The highest BCUT2D eigenvalue weighted by molar-refractivity contribution is 6.30. The number of hydrogen-bond donors (Lipinski definition) is 0. The fourth-order valence-corrected chi connectivity index (χ4v) is 3.53. The summed E-state index contributed by atoms with van der Waals surface area (Å²) in [5, 5.41) is 4.55. The number of nitrogens with zero attached hydrogens (tertiary/aromatic N) is 2. The second kappa shape index (κ2) is 7.15. The van der Waals surface area contributed by atoms with Gasteiger partial charge in [-0.05, 0) is 25.0 Å². The monoisotopic (exact) mass is 362 g/mol. The van der Waals surface area contributed by atoms with Crippen molar-refractivity contribution in [3.63, 3.8) is 0 Å². The Labute approximate surface area is 150 Å². The molecule has 0 spiro atoms. The van der Waals surface area contributed by atoms with Crippen LogP contribution in [0.15, 0.2) is 34.9 Å². The van der Waals surface area contributed by atoms with E-state index in [1.165, 1.54) is 0 Å². The third kappa shape index (κ3) is 3.56. The number of rotatable bonds is 3. The van der Waals surface area contributed by atoms with Crippen LogP contribution in [0.5, 0.6) is 0 Å². The Morgan fingerprint density at radius 3 is 2.64 bits per heavy atom. The maximum absolute atomic E-state index is 12.7. The third-order valence-corrected chi connectivity index (χ3v) is 4.93. The molecular formula is C18H19ClN2O4. The van der Waals surface area contributed by atoms with E-state index in [1.807, 2.05) is 17.0 Å². The minimum atomic E-state index is -0.112. The maximum atomic E-state index is 12.7. The number of benzene rings is 1. The number of amides is 1. The lowest BCUT2D eigenvalue weighted by molar-refractivity contribution is -0.0956. The van der Waals surface area contributed by atoms with Gasteiger partial charge >= 0.3 is 0 Å². The minimum Gasteiger partial charge on any atom is -0.355 e. The molecule has 2 fully saturated rings. The summed E-state index contributed by atoms with van der Waals surface area (Å²) in [6, 6.07) is 8.94. The van der Waals surface area contributed by atoms with Gasteiger partial charge in [-0.25, -0.2) is 0 Å². The number of carbonyl (C=O) groups excluding carboxylic acids is 1. The molecule has 0 radical (unpaired) electrons. The molecule has 0 bridgehead atoms. The molecule has 2 aromatic rings. The first kappa shape index (κ1) is 16.6. The average molecular weight is 363 g/mol. The molecule has 1 aromatic carbocycles. The molecule has 2 aliphatic rings. The van der Waals surface area contributed by atoms with Crippen molar-refractivity contribution in [2.45, 2.75) is 19.1 Å². The van der Waals surface area contributed by atoms with Crippen LogP contribution in [-0.2, 0) is 9.47 Å². The highest BCUT2D eigenvalue weighted by Crippen LogP contribution is 2.28. The Bertz CT molecular complexity index is 749. The first-order valence-electron chi connectivity index (χ1n) is 8.46. The largest absolute Gasteiger partial charge is 0.355 e. The minimum absolute atomic E-state index is 0.108. The van der Waals surface area contributed by atoms with E-state index in [4.69, 9.17) is 25.6 Å². The van der Waals surface area contributed by atoms with Gasteiger partial charge in [0.15, 0.2) is 17.7 Å². The van der Waals surface area contributed by atoms with Gasteiger partial charge in [-0.3, -0.25) is 4.79 Å². The molecular weight excluding hydrogens is 344 g/mol. The van der Waals surface area contributed by atoms with Gasteiger partial charge in [0.05, 0.1) is 13.2 Å². The van der Waals surface area contributed by atoms with Crippen LogP contribution >= 0.6 is 11.6 Å². The van der Waals surface area contributed by atoms with Crippen molar-refractivity contribution in [3.05, 3.63) is 41.0 Å². The van der Waals surface area contributed by atoms with Gasteiger partial charge in [-0.15, -0.1) is 0 Å². The molecule has 0 aliphatic carbocycles. The van der Waals surface area contributed by atoms with E-state index in [1.54, 1.807) is 18.2 Å². The summed E-state index contributed by atoms with van der Waals surface area (Å²) in [6.45, 7) is 2.67. The molecule has 2 aliphatic heterocycles. The molecule has 7 heteroatoms. The summed E-state index contributed by atoms with van der Waals surface area (Å²) in [6.07, 6.45) is 1.63. The maximum Gasteiger partial charge on any atom is 0.276 e. The second-order valence-electron chi connectivity index (χ2n) is 6.33. The Morgan fingerprint density at radius 2 is 1.92 bits per heavy atom. The summed E-state index contributed by atoms with van der Waals surface area (Å²) in [4.78, 5) is 14.5. The van der Waals surface area contributed by atoms with Gasteiger partial charge in [0.1, 0.15) is 0 Å². The normalized spacial score (nSPS) is 19.5. The molecule has 4 rings (SSSR count). The van der Waals surface area contributed by atoms with E-state index < -0.39 is 0 Å². The van der Waals surface area contributed by atoms with Crippen LogP contribution in [0.2, 0.25) is 5.02 Å². The highest BCUT2D eigenvalue weighted by atomic mass is 35.5. The van der Waals surface area contributed by atoms with Crippen molar-refractivity contribution in [1.29, 1.82) is 0 Å². The number of aromatic nitrogens is 1. The van der Waals surface area contributed by atoms with Crippen molar-refractivity contribution in [1.82, 2.24) is 10.1 Å². The fraction of sp³-hybridized carbons (Fsp3) is 0.444. The molecule has 1 aromatic heterocycles. The lowest BCUT2D eigenvalue weighted by Gasteiger charge is -2.33. The topological polar surface area (TPSA) is 64.8 Å². The first-order chi connectivity index (χ1) is 12.2. The van der Waals surface area contributed by atoms with Gasteiger partial charge < -0.3 is 18.9 Å². The summed E-state index contributed by atoms with van der Waals surface area (Å²) in [5.41, 5.74) is 1.12. The number of ether oxygens (including phenoxy) is 2. The van der Waals surface area contributed by atoms with Gasteiger partial charge in [-0.2, -0.15) is 0 Å². The average Bonchev–Trinajstić information content (AvgIpc) is 3.33. The Kier molecular flexibility index (Phi) is 4.74. The lowest BCUT2D eigenvalue weighted by Crippen LogP contribution is -2.41. The zero-order valence-corrected chi connectivity index (χ0v) is 14.4. The van der Waals surface area contributed by atoms with E-state index in [0.29, 0.717) is 48.7 Å². The number of carbonyl (C=O) groups is 1. The Hall–Kier alpha value is -1.89. The smallest absolute Gasteiger partial charge is 0.276 e. The number of piperidine rings is 1. The Balaban J connectivity index is 1.40. The Morgan fingerprint density at radius 1 is 1.16 bits per heavy atom. The molecule has 3 heterocycles. The van der Waals surface area contributed by atoms with E-state index >= 15 is 0 Å². The van der Waals surface area contributed by atoms with Gasteiger partial charge in [-0.1, -0.05) is 28.9 Å². The van der Waals surface area contributed by atoms with Crippen molar-refractivity contribution in [2.24, 2.45) is 5.92 Å². The van der Waals surface area contributed by atoms with E-state index in [-0.39, 0.29) is 12.2 Å². The number of halogens is 1. The van der Waals surface area contributed by atoms with Crippen LogP contribution in [0, 0.1) is 5.92 Å². The molecule has 2 saturated heterocycles. The number of likely N-dealkylation sites (tertiary alicyclic amines) is 1. The molecule has 0 saturated carbocycles. The molecule has 0 atom stereocenters. The SMILES string of the molecule is O=C(c1cc(-c2cccc(Cl)c2)on1)N1CCC(C2OCCO2)CC1. The third-order valence-electron chi connectivity index (χ3n) is 4.70. The first-order valence-corrected chi connectivity index (χ1v) is 8.83. The van der Waals surface area contributed by atoms with Gasteiger partial charge in [0, 0.05) is 35.7 Å². The predicted molar refractivity (Wildman–Crippen MR) is 91.3 cm³/mol. The predicted octanol–water partition coefficient (Wildman–Crippen LogP) is 3.22. The standard InChI is InChI=1S/C18H19ClN2O4/c19-14-3-1-2-13(10-14)16-11-15(20-25-16)17(22)21-6-4-12(5-7-21)18-23-8-9-24-18/h1-3,10-12,18H,4-9H2. The van der Waals surface area contributed by atoms with E-state index in [0.717, 1.165) is 18.4 Å². The summed E-state index contributed by atoms with van der Waals surface area (Å²) in [5.74, 6) is 0.781. The second-order valence-corrected chi connectivity index (χ2v) is 6.76. The molecule has 6 nitrogen and oxygen atoms in total. The summed E-state index contributed by atoms with van der Waals surface area (Å²) < 4.78 is 16.5. The van der Waals surface area contributed by atoms with Crippen LogP contribution < -0.4 is 0 Å². The lowest BCUT2D eigenvalue weighted by atomic mass is 9.96. The van der Waals surface area contributed by atoms with Crippen molar-refractivity contribution < 1.29 is 18.8 Å². The quantitative estimate of drug-likeness (QED) is 0.838. The van der Waals surface area contributed by atoms with Crippen molar-refractivity contribution in [2.75, 3.05) is 26.3 Å². The van der Waals surface area contributed by atoms with Gasteiger partial charge in [0.2, 0.25) is 0 Å². The molecule has 25 heavy (non-hydrogen) atoms. The molecule has 0 unspecified atom stereocenters. The highest BCUT2D eigenvalue weighted by Gasteiger charge is 2.32. The molecule has 1 amide bonds. The zero-order valence-electron chi connectivity index (χ0n) is 13.7. The van der Waals surface area contributed by atoms with Crippen molar-refractivity contribution >= 4 is 17.5 Å². The van der Waals surface area contributed by atoms with Crippen LogP contribution in [0.4, 0.5) is 0 Å². The van der Waals surface area contributed by atoms with E-state index in [9.17, 15) is 4.79 Å². The van der Waals surface area contributed by atoms with Crippen LogP contribution in [0.1, 0.15) is 23.3 Å². The fourth-order valence-electron chi connectivity index (χ4n) is 3.34. The zero-order chi connectivity index (χ0) is 17.2. The number of hydrogen-bond acceptors (Lipinski definition) is 5. The molecule has 0 N–H and O–H groups in total. The van der Waals surface area contributed by atoms with Crippen molar-refractivity contribution in [3.8, 4) is 11.3 Å². The van der Waals surface area contributed by atoms with Crippen LogP contribution in [-0.4, -0.2) is 48.6 Å². The summed E-state index contributed by atoms with van der Waals surface area (Å²) in [7, 11) is 0. The summed E-state index contributed by atoms with van der Waals surface area (Å²) >= 11 is 6.00. The van der Waals surface area contributed by atoms with Crippen LogP contribution in [0.3, 0.4) is 0 Å². The van der Waals surface area contributed by atoms with E-state index in [2.05, 4.69) is 5.16 Å². The molecule has 132 valence electrons.